The molecule has 1 aliphatic heterocycles. The van der Waals surface area contributed by atoms with Crippen LogP contribution in [-0.2, 0) is 4.74 Å². The number of ether oxygens (including phenoxy) is 1. The van der Waals surface area contributed by atoms with E-state index in [9.17, 15) is 4.79 Å². The lowest BCUT2D eigenvalue weighted by Gasteiger charge is -2.09. The van der Waals surface area contributed by atoms with E-state index in [1.165, 1.54) is 0 Å². The summed E-state index contributed by atoms with van der Waals surface area (Å²) >= 11 is 3.23. The van der Waals surface area contributed by atoms with Crippen molar-refractivity contribution in [1.29, 1.82) is 0 Å². The second-order valence-corrected chi connectivity index (χ2v) is 4.29. The van der Waals surface area contributed by atoms with Crippen LogP contribution in [0.15, 0.2) is 10.7 Å². The van der Waals surface area contributed by atoms with Crippen molar-refractivity contribution in [2.75, 3.05) is 13.2 Å². The Labute approximate surface area is 95.7 Å². The maximum absolute atomic E-state index is 11.6. The molecule has 15 heavy (non-hydrogen) atoms. The zero-order chi connectivity index (χ0) is 10.7. The predicted molar refractivity (Wildman–Crippen MR) is 57.6 cm³/mol. The van der Waals surface area contributed by atoms with E-state index in [1.54, 1.807) is 6.20 Å². The molecular weight excluding hydrogens is 262 g/mol. The van der Waals surface area contributed by atoms with Crippen LogP contribution in [0.4, 0.5) is 0 Å². The first-order valence-corrected chi connectivity index (χ1v) is 5.65. The van der Waals surface area contributed by atoms with Gasteiger partial charge in [-0.1, -0.05) is 0 Å². The van der Waals surface area contributed by atoms with Gasteiger partial charge < -0.3 is 10.1 Å². The summed E-state index contributed by atoms with van der Waals surface area (Å²) in [6.07, 6.45) is 3.82. The number of nitrogens with one attached hydrogen (secondary N) is 2. The molecule has 0 radical (unpaired) electrons. The van der Waals surface area contributed by atoms with E-state index < -0.39 is 0 Å². The Hall–Kier alpha value is -0.880. The highest BCUT2D eigenvalue weighted by Crippen LogP contribution is 2.13. The number of aromatic nitrogens is 2. The number of hydrogen-bond acceptors (Lipinski definition) is 3. The van der Waals surface area contributed by atoms with Crippen LogP contribution in [0.25, 0.3) is 0 Å². The number of halogens is 1. The molecule has 2 heterocycles. The maximum atomic E-state index is 11.6. The minimum Gasteiger partial charge on any atom is -0.376 e. The van der Waals surface area contributed by atoms with Crippen LogP contribution in [0, 0.1) is 0 Å². The van der Waals surface area contributed by atoms with Crippen molar-refractivity contribution in [2.24, 2.45) is 0 Å². The molecule has 0 unspecified atom stereocenters. The molecule has 1 atom stereocenters. The highest BCUT2D eigenvalue weighted by Gasteiger charge is 2.18. The van der Waals surface area contributed by atoms with Gasteiger partial charge in [0.15, 0.2) is 0 Å². The van der Waals surface area contributed by atoms with E-state index in [1.807, 2.05) is 0 Å². The van der Waals surface area contributed by atoms with Crippen molar-refractivity contribution in [2.45, 2.75) is 18.9 Å². The average molecular weight is 274 g/mol. The van der Waals surface area contributed by atoms with E-state index in [4.69, 9.17) is 4.74 Å². The summed E-state index contributed by atoms with van der Waals surface area (Å²) in [6.45, 7) is 1.36. The minimum absolute atomic E-state index is 0.158. The summed E-state index contributed by atoms with van der Waals surface area (Å²) < 4.78 is 6.07. The summed E-state index contributed by atoms with van der Waals surface area (Å²) in [6, 6.07) is 0. The number of aromatic amines is 1. The van der Waals surface area contributed by atoms with Crippen molar-refractivity contribution in [3.63, 3.8) is 0 Å². The lowest BCUT2D eigenvalue weighted by molar-refractivity contribution is 0.0853. The predicted octanol–water partition coefficient (Wildman–Crippen LogP) is 1.08. The summed E-state index contributed by atoms with van der Waals surface area (Å²) in [5.74, 6) is -0.158. The molecule has 2 rings (SSSR count). The fourth-order valence-electron chi connectivity index (χ4n) is 1.53. The average Bonchev–Trinajstić information content (AvgIpc) is 2.84. The Balaban J connectivity index is 1.84. The lowest BCUT2D eigenvalue weighted by Crippen LogP contribution is -2.32. The minimum atomic E-state index is -0.158. The molecule has 0 aromatic carbocycles. The van der Waals surface area contributed by atoms with Gasteiger partial charge in [-0.05, 0) is 28.8 Å². The van der Waals surface area contributed by atoms with Crippen LogP contribution >= 0.6 is 15.9 Å². The molecule has 1 aromatic heterocycles. The highest BCUT2D eigenvalue weighted by molar-refractivity contribution is 9.10. The zero-order valence-electron chi connectivity index (χ0n) is 8.12. The molecule has 1 aliphatic rings. The normalized spacial score (nSPS) is 20.5. The van der Waals surface area contributed by atoms with Crippen molar-refractivity contribution in [3.8, 4) is 0 Å². The molecule has 1 saturated heterocycles. The molecule has 1 amide bonds. The van der Waals surface area contributed by atoms with E-state index in [-0.39, 0.29) is 12.0 Å². The summed E-state index contributed by atoms with van der Waals surface area (Å²) in [7, 11) is 0. The van der Waals surface area contributed by atoms with Gasteiger partial charge in [0.1, 0.15) is 5.69 Å². The first-order chi connectivity index (χ1) is 7.27. The molecule has 1 aromatic rings. The van der Waals surface area contributed by atoms with Gasteiger partial charge in [-0.3, -0.25) is 9.89 Å². The molecule has 5 nitrogen and oxygen atoms in total. The fraction of sp³-hybridized carbons (Fsp3) is 0.556. The zero-order valence-corrected chi connectivity index (χ0v) is 9.71. The largest absolute Gasteiger partial charge is 0.376 e. The van der Waals surface area contributed by atoms with Gasteiger partial charge in [-0.2, -0.15) is 5.10 Å². The first-order valence-electron chi connectivity index (χ1n) is 4.86. The second kappa shape index (κ2) is 4.76. The van der Waals surface area contributed by atoms with Gasteiger partial charge in [0.05, 0.1) is 16.8 Å². The van der Waals surface area contributed by atoms with Crippen molar-refractivity contribution >= 4 is 21.8 Å². The second-order valence-electron chi connectivity index (χ2n) is 3.44. The lowest BCUT2D eigenvalue weighted by atomic mass is 10.2. The van der Waals surface area contributed by atoms with E-state index >= 15 is 0 Å². The SMILES string of the molecule is O=C(NC[C@@H]1CCCO1)c1[nH]ncc1Br. The van der Waals surface area contributed by atoms with Crippen LogP contribution < -0.4 is 5.32 Å². The van der Waals surface area contributed by atoms with Gasteiger partial charge in [0.25, 0.3) is 5.91 Å². The number of rotatable bonds is 3. The number of carbonyl (C=O) groups is 1. The van der Waals surface area contributed by atoms with Crippen molar-refractivity contribution < 1.29 is 9.53 Å². The quantitative estimate of drug-likeness (QED) is 0.866. The van der Waals surface area contributed by atoms with Gasteiger partial charge >= 0.3 is 0 Å². The molecule has 0 spiro atoms. The van der Waals surface area contributed by atoms with Crippen molar-refractivity contribution in [3.05, 3.63) is 16.4 Å². The Morgan fingerprint density at radius 2 is 2.67 bits per heavy atom. The standard InChI is InChI=1S/C9H12BrN3O2/c10-7-5-12-13-8(7)9(14)11-4-6-2-1-3-15-6/h5-6H,1-4H2,(H,11,14)(H,12,13)/t6-/m0/s1. The summed E-state index contributed by atoms with van der Waals surface area (Å²) in [5, 5.41) is 9.19. The van der Waals surface area contributed by atoms with Gasteiger partial charge in [-0.25, -0.2) is 0 Å². The van der Waals surface area contributed by atoms with Crippen LogP contribution in [0.5, 0.6) is 0 Å². The number of hydrogen-bond donors (Lipinski definition) is 2. The number of nitrogens with zero attached hydrogens (tertiary/aromatic N) is 1. The molecule has 0 bridgehead atoms. The van der Waals surface area contributed by atoms with Crippen LogP contribution in [0.1, 0.15) is 23.3 Å². The third-order valence-electron chi connectivity index (χ3n) is 2.33. The maximum Gasteiger partial charge on any atom is 0.270 e. The Kier molecular flexibility index (Phi) is 3.37. The van der Waals surface area contributed by atoms with Gasteiger partial charge in [0, 0.05) is 13.2 Å². The van der Waals surface area contributed by atoms with E-state index in [0.717, 1.165) is 19.4 Å². The smallest absolute Gasteiger partial charge is 0.270 e. The number of amides is 1. The Morgan fingerprint density at radius 3 is 3.27 bits per heavy atom. The van der Waals surface area contributed by atoms with Crippen molar-refractivity contribution in [1.82, 2.24) is 15.5 Å². The van der Waals surface area contributed by atoms with Gasteiger partial charge in [0.2, 0.25) is 0 Å². The van der Waals surface area contributed by atoms with Crippen LogP contribution in [-0.4, -0.2) is 35.4 Å². The molecule has 2 N–H and O–H groups in total. The highest BCUT2D eigenvalue weighted by atomic mass is 79.9. The van der Waals surface area contributed by atoms with Crippen LogP contribution in [0.2, 0.25) is 0 Å². The topological polar surface area (TPSA) is 67.0 Å². The molecular formula is C9H12BrN3O2. The molecule has 0 saturated carbocycles. The first kappa shape index (κ1) is 10.6. The van der Waals surface area contributed by atoms with E-state index in [2.05, 4.69) is 31.4 Å². The molecule has 1 fully saturated rings. The number of carbonyl (C=O) groups excluding carboxylic acids is 1. The molecule has 0 aliphatic carbocycles. The molecule has 6 heteroatoms. The Morgan fingerprint density at radius 1 is 1.80 bits per heavy atom. The number of H-pyrrole nitrogens is 1. The van der Waals surface area contributed by atoms with E-state index in [0.29, 0.717) is 16.7 Å². The fourth-order valence-corrected chi connectivity index (χ4v) is 1.90. The third-order valence-corrected chi connectivity index (χ3v) is 2.94. The van der Waals surface area contributed by atoms with Gasteiger partial charge in [-0.15, -0.1) is 0 Å². The summed E-state index contributed by atoms with van der Waals surface area (Å²) in [5.41, 5.74) is 0.452. The van der Waals surface area contributed by atoms with Crippen LogP contribution in [0.3, 0.4) is 0 Å². The summed E-state index contributed by atoms with van der Waals surface area (Å²) in [4.78, 5) is 11.6. The Bertz CT molecular complexity index is 347. The third kappa shape index (κ3) is 2.57. The molecule has 82 valence electrons. The monoisotopic (exact) mass is 273 g/mol.